The summed E-state index contributed by atoms with van der Waals surface area (Å²) in [7, 11) is 1.63. The van der Waals surface area contributed by atoms with Gasteiger partial charge >= 0.3 is 0 Å². The number of nitrogens with one attached hydrogen (secondary N) is 4. The van der Waals surface area contributed by atoms with Gasteiger partial charge in [0, 0.05) is 13.0 Å². The van der Waals surface area contributed by atoms with Gasteiger partial charge in [0.05, 0.1) is 6.04 Å². The molecule has 3 unspecified atom stereocenters. The van der Waals surface area contributed by atoms with Gasteiger partial charge in [0.25, 0.3) is 0 Å². The maximum absolute atomic E-state index is 12.9. The van der Waals surface area contributed by atoms with Crippen molar-refractivity contribution in [3.05, 3.63) is 35.9 Å². The van der Waals surface area contributed by atoms with Crippen molar-refractivity contribution < 1.29 is 9.59 Å². The lowest BCUT2D eigenvalue weighted by molar-refractivity contribution is -0.135. The highest BCUT2D eigenvalue weighted by molar-refractivity contribution is 5.93. The van der Waals surface area contributed by atoms with Gasteiger partial charge in [0.15, 0.2) is 0 Å². The van der Waals surface area contributed by atoms with Crippen molar-refractivity contribution in [1.29, 1.82) is 0 Å². The number of hydrazine groups is 1. The second-order valence-corrected chi connectivity index (χ2v) is 7.22. The second-order valence-electron chi connectivity index (χ2n) is 7.22. The first-order chi connectivity index (χ1) is 12.1. The first-order valence-electron chi connectivity index (χ1n) is 9.17. The molecule has 3 atom stereocenters. The fraction of sp³-hybridized carbons (Fsp3) is 0.579. The summed E-state index contributed by atoms with van der Waals surface area (Å²) in [6.45, 7) is 2.06. The van der Waals surface area contributed by atoms with Crippen LogP contribution in [0.2, 0.25) is 0 Å². The van der Waals surface area contributed by atoms with Gasteiger partial charge < -0.3 is 10.6 Å². The van der Waals surface area contributed by atoms with Crippen LogP contribution in [0.1, 0.15) is 50.6 Å². The molecule has 2 fully saturated rings. The number of carbonyl (C=O) groups excluding carboxylic acids is 2. The Kier molecular flexibility index (Phi) is 5.39. The molecule has 6 heteroatoms. The van der Waals surface area contributed by atoms with Gasteiger partial charge in [0.2, 0.25) is 11.8 Å². The standard InChI is InChI=1S/C19H28N4O2/c1-13-15(14-9-5-3-6-10-14)22-23-16(13)17(24)21-19(18(25)20-2)11-7-4-8-12-19/h3,5-6,9-10,13,15-16,22-23H,4,7-8,11-12H2,1-2H3,(H,20,25)(H,21,24). The molecule has 25 heavy (non-hydrogen) atoms. The smallest absolute Gasteiger partial charge is 0.245 e. The third kappa shape index (κ3) is 3.55. The van der Waals surface area contributed by atoms with Crippen molar-refractivity contribution in [2.45, 2.75) is 56.7 Å². The summed E-state index contributed by atoms with van der Waals surface area (Å²) in [5.41, 5.74) is 6.74. The lowest BCUT2D eigenvalue weighted by atomic mass is 9.80. The molecule has 0 spiro atoms. The maximum atomic E-state index is 12.9. The zero-order valence-electron chi connectivity index (χ0n) is 15.0. The van der Waals surface area contributed by atoms with Gasteiger partial charge in [-0.05, 0) is 18.4 Å². The number of amides is 2. The lowest BCUT2D eigenvalue weighted by Gasteiger charge is -2.37. The molecule has 3 rings (SSSR count). The van der Waals surface area contributed by atoms with Crippen molar-refractivity contribution >= 4 is 11.8 Å². The SMILES string of the molecule is CNC(=O)C1(NC(=O)C2NNC(c3ccccc3)C2C)CCCCC1. The predicted octanol–water partition coefficient (Wildman–Crippen LogP) is 1.41. The molecule has 1 aliphatic heterocycles. The molecule has 2 amide bonds. The van der Waals surface area contributed by atoms with Gasteiger partial charge in [0.1, 0.15) is 11.6 Å². The van der Waals surface area contributed by atoms with E-state index in [0.717, 1.165) is 24.8 Å². The first kappa shape index (κ1) is 17.9. The van der Waals surface area contributed by atoms with E-state index in [2.05, 4.69) is 40.5 Å². The van der Waals surface area contributed by atoms with Crippen LogP contribution < -0.4 is 21.5 Å². The van der Waals surface area contributed by atoms with E-state index in [-0.39, 0.29) is 29.8 Å². The molecule has 6 nitrogen and oxygen atoms in total. The van der Waals surface area contributed by atoms with E-state index in [0.29, 0.717) is 12.8 Å². The molecule has 1 aliphatic carbocycles. The van der Waals surface area contributed by atoms with Crippen LogP contribution in [0.5, 0.6) is 0 Å². The van der Waals surface area contributed by atoms with E-state index in [1.54, 1.807) is 7.05 Å². The van der Waals surface area contributed by atoms with Gasteiger partial charge in [-0.25, -0.2) is 10.9 Å². The van der Waals surface area contributed by atoms with Crippen LogP contribution in [0, 0.1) is 5.92 Å². The van der Waals surface area contributed by atoms with Crippen molar-refractivity contribution in [3.63, 3.8) is 0 Å². The fourth-order valence-corrected chi connectivity index (χ4v) is 4.10. The molecule has 1 aromatic carbocycles. The monoisotopic (exact) mass is 344 g/mol. The summed E-state index contributed by atoms with van der Waals surface area (Å²) >= 11 is 0. The molecule has 1 heterocycles. The Bertz CT molecular complexity index is 613. The quantitative estimate of drug-likeness (QED) is 0.666. The van der Waals surface area contributed by atoms with Crippen LogP contribution in [0.4, 0.5) is 0 Å². The average Bonchev–Trinajstić information content (AvgIpc) is 3.04. The molecule has 4 N–H and O–H groups in total. The maximum Gasteiger partial charge on any atom is 0.245 e. The van der Waals surface area contributed by atoms with Crippen LogP contribution in [-0.2, 0) is 9.59 Å². The van der Waals surface area contributed by atoms with E-state index in [4.69, 9.17) is 0 Å². The van der Waals surface area contributed by atoms with Crippen LogP contribution in [0.15, 0.2) is 30.3 Å². The largest absolute Gasteiger partial charge is 0.357 e. The van der Waals surface area contributed by atoms with Gasteiger partial charge in [-0.2, -0.15) is 0 Å². The predicted molar refractivity (Wildman–Crippen MR) is 96.4 cm³/mol. The third-order valence-electron chi connectivity index (χ3n) is 5.62. The molecule has 2 aliphatic rings. The van der Waals surface area contributed by atoms with E-state index in [9.17, 15) is 9.59 Å². The minimum absolute atomic E-state index is 0.0688. The topological polar surface area (TPSA) is 82.3 Å². The summed E-state index contributed by atoms with van der Waals surface area (Å²) in [5.74, 6) is -0.115. The second kappa shape index (κ2) is 7.54. The number of hydrogen-bond donors (Lipinski definition) is 4. The Labute approximate surface area is 149 Å². The summed E-state index contributed by atoms with van der Waals surface area (Å²) in [5, 5.41) is 5.80. The fourth-order valence-electron chi connectivity index (χ4n) is 4.10. The Balaban J connectivity index is 1.71. The molecular formula is C19H28N4O2. The molecule has 136 valence electrons. The van der Waals surface area contributed by atoms with Crippen molar-refractivity contribution in [1.82, 2.24) is 21.5 Å². The van der Waals surface area contributed by atoms with Crippen LogP contribution >= 0.6 is 0 Å². The highest BCUT2D eigenvalue weighted by Crippen LogP contribution is 2.31. The van der Waals surface area contributed by atoms with E-state index < -0.39 is 5.54 Å². The number of benzene rings is 1. The van der Waals surface area contributed by atoms with Crippen LogP contribution in [0.3, 0.4) is 0 Å². The molecule has 1 aromatic rings. The van der Waals surface area contributed by atoms with E-state index in [1.165, 1.54) is 0 Å². The Hall–Kier alpha value is -1.92. The van der Waals surface area contributed by atoms with Crippen LogP contribution in [-0.4, -0.2) is 30.4 Å². The molecular weight excluding hydrogens is 316 g/mol. The molecule has 0 aromatic heterocycles. The zero-order valence-corrected chi connectivity index (χ0v) is 15.0. The molecule has 0 bridgehead atoms. The van der Waals surface area contributed by atoms with Gasteiger partial charge in [-0.3, -0.25) is 9.59 Å². The van der Waals surface area contributed by atoms with Crippen molar-refractivity contribution in [2.75, 3.05) is 7.05 Å². The number of likely N-dealkylation sites (N-methyl/N-ethyl adjacent to an activating group) is 1. The van der Waals surface area contributed by atoms with E-state index >= 15 is 0 Å². The molecule has 1 saturated carbocycles. The lowest BCUT2D eigenvalue weighted by Crippen LogP contribution is -2.62. The Morgan fingerprint density at radius 1 is 1.08 bits per heavy atom. The Morgan fingerprint density at radius 2 is 1.76 bits per heavy atom. The molecule has 0 radical (unpaired) electrons. The minimum atomic E-state index is -0.768. The number of hydrogen-bond acceptors (Lipinski definition) is 4. The summed E-state index contributed by atoms with van der Waals surface area (Å²) in [6, 6.07) is 9.80. The molecule has 1 saturated heterocycles. The zero-order chi connectivity index (χ0) is 17.9. The van der Waals surface area contributed by atoms with Crippen LogP contribution in [0.25, 0.3) is 0 Å². The average molecular weight is 344 g/mol. The summed E-state index contributed by atoms with van der Waals surface area (Å²) < 4.78 is 0. The third-order valence-corrected chi connectivity index (χ3v) is 5.62. The highest BCUT2D eigenvalue weighted by atomic mass is 16.2. The first-order valence-corrected chi connectivity index (χ1v) is 9.17. The minimum Gasteiger partial charge on any atom is -0.357 e. The van der Waals surface area contributed by atoms with Crippen molar-refractivity contribution in [3.8, 4) is 0 Å². The van der Waals surface area contributed by atoms with E-state index in [1.807, 2.05) is 18.2 Å². The normalized spacial score (nSPS) is 28.3. The Morgan fingerprint density at radius 3 is 2.40 bits per heavy atom. The van der Waals surface area contributed by atoms with Crippen molar-refractivity contribution in [2.24, 2.45) is 5.92 Å². The highest BCUT2D eigenvalue weighted by Gasteiger charge is 2.44. The summed E-state index contributed by atoms with van der Waals surface area (Å²) in [4.78, 5) is 25.4. The number of carbonyl (C=O) groups is 2. The van der Waals surface area contributed by atoms with Gasteiger partial charge in [-0.15, -0.1) is 0 Å². The summed E-state index contributed by atoms with van der Waals surface area (Å²) in [6.07, 6.45) is 4.45. The number of rotatable bonds is 4. The van der Waals surface area contributed by atoms with Gasteiger partial charge in [-0.1, -0.05) is 56.5 Å².